The largest absolute Gasteiger partial charge is 1.00 e. The summed E-state index contributed by atoms with van der Waals surface area (Å²) in [5.41, 5.74) is 23.4. The summed E-state index contributed by atoms with van der Waals surface area (Å²) in [6.07, 6.45) is 9.06. The van der Waals surface area contributed by atoms with Gasteiger partial charge in [0, 0.05) is 109 Å². The molecule has 0 unspecified atom stereocenters. The van der Waals surface area contributed by atoms with E-state index < -0.39 is 57.5 Å². The maximum absolute atomic E-state index is 11.9. The number of nitrogens with two attached hydrogens (primary N) is 3. The second kappa shape index (κ2) is 57.6. The number of aliphatic hydroxyl groups excluding tert-OH is 3. The smallest absolute Gasteiger partial charge is 1.00 e. The number of anilines is 3. The number of aliphatic carboxylic acids is 1. The number of fused-ring (bicyclic) bond motifs is 3. The molecule has 10 N–H and O–H groups in total. The van der Waals surface area contributed by atoms with Crippen LogP contribution in [0.3, 0.4) is 0 Å². The molecule has 37 heteroatoms. The van der Waals surface area contributed by atoms with Gasteiger partial charge in [0.05, 0.1) is 110 Å². The van der Waals surface area contributed by atoms with Gasteiger partial charge in [-0.1, -0.05) is 82.6 Å². The topological polar surface area (TPSA) is 471 Å². The number of hydrogen-bond acceptors (Lipinski definition) is 29. The fourth-order valence-corrected chi connectivity index (χ4v) is 11.5. The van der Waals surface area contributed by atoms with Gasteiger partial charge in [-0.25, -0.2) is 38.7 Å². The number of aromatic nitrogens is 4. The van der Waals surface area contributed by atoms with E-state index in [4.69, 9.17) is 70.5 Å². The van der Waals surface area contributed by atoms with Crippen LogP contribution in [0, 0.1) is 10.1 Å². The molecular formula is C78H116BLiN9O24Si2. The zero-order valence-corrected chi connectivity index (χ0v) is 71.1. The molecule has 0 saturated carbocycles. The number of methoxy groups -OCH3 is 5. The van der Waals surface area contributed by atoms with Gasteiger partial charge in [-0.15, -0.1) is 0 Å². The van der Waals surface area contributed by atoms with Crippen molar-refractivity contribution in [3.63, 3.8) is 0 Å². The van der Waals surface area contributed by atoms with Crippen LogP contribution in [0.4, 0.5) is 28.4 Å². The third-order valence-electron chi connectivity index (χ3n) is 16.0. The van der Waals surface area contributed by atoms with Crippen LogP contribution in [-0.4, -0.2) is 225 Å². The number of esters is 6. The number of imidazole rings is 2. The molecule has 0 atom stereocenters. The molecule has 115 heavy (non-hydrogen) atoms. The van der Waals surface area contributed by atoms with E-state index >= 15 is 0 Å². The predicted molar refractivity (Wildman–Crippen MR) is 441 cm³/mol. The standard InChI is InChI=1S/C17H26N2O3Si.C16H24N2O4Si.C11H11NO3.C8H8N2O4.C8H10N2O2.C4H8O2.3C4H8O.C2H4O3.B.Li.H/c1-6-15-18-16-13(17(20)21-2)8-7-9-14(16)19(15)12-22-10-11-23(3,4)5;1-21-16(20)12-6-5-7-13-15(12)17-14(10-19)18(13)11-22-8-9-23(2,3)4;1-15-11(14)9-4-2-3-7-5-8(6-13)12-10(7)9;1-14-8(11)5-3-2-4-6(7(5)9)10(12)13;1-12-8(11)5-3-2-4-6(9)7(5)10;1-3-6-4(2)5;3*1-2-4-5-3-1;3-1-2(4)5;;;/h7-9H,6,10-12H2,1-5H3;5-7,19H,8-11H2,1-4H3;2-4,13H,5-6H2,1H3;2-4H,9H2,1H3;2-4H,9-10H2,1H3;3H2,1-2H3;3*1-4H2;3H,1H2,(H,4,5);;;/q;;;;;;;;;;;+1;-1. The third kappa shape index (κ3) is 38.7. The van der Waals surface area contributed by atoms with Crippen LogP contribution in [0.2, 0.25) is 51.4 Å². The van der Waals surface area contributed by atoms with E-state index in [-0.39, 0.29) is 76.5 Å². The molecule has 3 saturated heterocycles. The summed E-state index contributed by atoms with van der Waals surface area (Å²) in [4.78, 5) is 99.2. The van der Waals surface area contributed by atoms with E-state index in [1.807, 2.05) is 28.8 Å². The van der Waals surface area contributed by atoms with Gasteiger partial charge in [-0.3, -0.25) is 19.9 Å². The summed E-state index contributed by atoms with van der Waals surface area (Å²) in [6, 6.07) is 27.2. The summed E-state index contributed by atoms with van der Waals surface area (Å²) in [5, 5.41) is 44.0. The van der Waals surface area contributed by atoms with Crippen LogP contribution in [0.15, 0.2) is 96.0 Å². The SMILES string of the molecule is C1CCOC1.C1CCOC1.C1CCOC1.CCOC(C)=O.CCc1nc2c(C(=O)OC)cccc2n1COCC[Si](C)(C)C.COC(=O)c1cccc(N)c1N.COC(=O)c1cccc([N+](=O)[O-])c1N.COC(=O)c1cccc2c1N=C(CO)C2.COC(=O)c1cccc2c1nc(CO)n2COCC[Si](C)(C)C.O=C(O)CO.[B].[H-].[Li+]. The first-order chi connectivity index (χ1) is 53.8. The van der Waals surface area contributed by atoms with Gasteiger partial charge < -0.3 is 100 Å². The van der Waals surface area contributed by atoms with Crippen LogP contribution in [0.1, 0.15) is 130 Å². The molecule has 0 spiro atoms. The monoisotopic (exact) mass is 1640 g/mol. The molecule has 5 aromatic carbocycles. The maximum atomic E-state index is 11.9. The number of hydrogen-bond donors (Lipinski definition) is 7. The van der Waals surface area contributed by atoms with E-state index in [1.165, 1.54) is 99.2 Å². The molecule has 629 valence electrons. The molecule has 11 rings (SSSR count). The molecule has 4 aliphatic heterocycles. The first kappa shape index (κ1) is 106. The molecule has 0 bridgehead atoms. The van der Waals surface area contributed by atoms with Gasteiger partial charge in [-0.2, -0.15) is 0 Å². The Balaban J connectivity index is 0. The second-order valence-electron chi connectivity index (χ2n) is 27.0. The molecule has 0 amide bonds. The first-order valence-corrected chi connectivity index (χ1v) is 44.0. The van der Waals surface area contributed by atoms with Crippen molar-refractivity contribution in [3.8, 4) is 0 Å². The maximum Gasteiger partial charge on any atom is 1.00 e. The van der Waals surface area contributed by atoms with Crippen molar-refractivity contribution in [2.75, 3.05) is 125 Å². The van der Waals surface area contributed by atoms with Crippen molar-refractivity contribution in [3.05, 3.63) is 146 Å². The van der Waals surface area contributed by atoms with Crippen molar-refractivity contribution in [2.24, 2.45) is 4.99 Å². The Kier molecular flexibility index (Phi) is 52.9. The van der Waals surface area contributed by atoms with Gasteiger partial charge in [0.1, 0.15) is 55.0 Å². The Bertz CT molecular complexity index is 4000. The number of nitro groups is 1. The molecule has 3 fully saturated rings. The minimum Gasteiger partial charge on any atom is -1.00 e. The average molecular weight is 1640 g/mol. The van der Waals surface area contributed by atoms with Crippen LogP contribution < -0.4 is 36.1 Å². The number of carboxylic acid groups (broad SMARTS) is 1. The number of carboxylic acids is 1. The van der Waals surface area contributed by atoms with Crippen molar-refractivity contribution in [2.45, 2.75) is 144 Å². The van der Waals surface area contributed by atoms with E-state index in [2.05, 4.69) is 80.1 Å². The van der Waals surface area contributed by atoms with E-state index in [9.17, 15) is 44.0 Å². The number of aliphatic imine (C=N–C) groups is 1. The molecule has 2 aromatic heterocycles. The summed E-state index contributed by atoms with van der Waals surface area (Å²) >= 11 is 0. The number of carbonyl (C=O) groups is 7. The normalized spacial score (nSPS) is 12.5. The summed E-state index contributed by atoms with van der Waals surface area (Å²) in [5.74, 6) is -2.36. The summed E-state index contributed by atoms with van der Waals surface area (Å²) in [6.45, 7) is 26.7. The minimum absolute atomic E-state index is 0. The summed E-state index contributed by atoms with van der Waals surface area (Å²) in [7, 11) is 4.30. The number of nitro benzene ring substituents is 1. The zero-order valence-electron chi connectivity index (χ0n) is 70.1. The number of aryl methyl sites for hydroxylation is 1. The minimum atomic E-state index is -1.19. The molecule has 6 heterocycles. The first-order valence-electron chi connectivity index (χ1n) is 36.6. The fraction of sp³-hybridized carbons (Fsp3) is 0.487. The number of nitrogen functional groups attached to an aromatic ring is 3. The molecule has 3 radical (unpaired) electrons. The van der Waals surface area contributed by atoms with Crippen LogP contribution >= 0.6 is 0 Å². The third-order valence-corrected chi connectivity index (χ3v) is 19.4. The quantitative estimate of drug-likeness (QED) is 0.00686. The van der Waals surface area contributed by atoms with Crippen molar-refractivity contribution >= 4 is 123 Å². The van der Waals surface area contributed by atoms with Gasteiger partial charge in [0.2, 0.25) is 0 Å². The van der Waals surface area contributed by atoms with Crippen LogP contribution in [0.25, 0.3) is 22.1 Å². The van der Waals surface area contributed by atoms with Crippen molar-refractivity contribution < 1.29 is 131 Å². The number of aliphatic hydroxyl groups is 3. The van der Waals surface area contributed by atoms with Gasteiger partial charge in [0.15, 0.2) is 0 Å². The van der Waals surface area contributed by atoms with Crippen molar-refractivity contribution in [1.29, 1.82) is 0 Å². The Morgan fingerprint density at radius 2 is 0.913 bits per heavy atom. The average Bonchev–Trinajstić information content (AvgIpc) is 1.65. The number of ether oxygens (including phenoxy) is 11. The second-order valence-corrected chi connectivity index (χ2v) is 38.2. The Labute approximate surface area is 689 Å². The Morgan fingerprint density at radius 3 is 1.26 bits per heavy atom. The number of nitrogens with zero attached hydrogens (tertiary/aromatic N) is 6. The molecular weight excluding hydrogens is 1520 g/mol. The van der Waals surface area contributed by atoms with Crippen molar-refractivity contribution in [1.82, 2.24) is 19.1 Å². The number of carbonyl (C=O) groups excluding carboxylic acids is 6. The number of rotatable bonds is 21. The molecule has 33 nitrogen and oxygen atoms in total. The van der Waals surface area contributed by atoms with Crippen LogP contribution in [0.5, 0.6) is 0 Å². The van der Waals surface area contributed by atoms with Gasteiger partial charge >= 0.3 is 60.6 Å². The number of para-hydroxylation sites is 5. The van der Waals surface area contributed by atoms with Gasteiger partial charge in [0.25, 0.3) is 5.69 Å². The predicted octanol–water partition coefficient (Wildman–Crippen LogP) is 7.78. The van der Waals surface area contributed by atoms with E-state index in [0.29, 0.717) is 89.3 Å². The van der Waals surface area contributed by atoms with Crippen LogP contribution in [-0.2, 0) is 94.6 Å². The molecule has 4 aliphatic rings. The zero-order chi connectivity index (χ0) is 84.6. The van der Waals surface area contributed by atoms with E-state index in [0.717, 1.165) is 87.2 Å². The number of benzene rings is 5. The van der Waals surface area contributed by atoms with E-state index in [1.54, 1.807) is 60.0 Å². The molecule has 7 aromatic rings. The fourth-order valence-electron chi connectivity index (χ4n) is 9.94. The summed E-state index contributed by atoms with van der Waals surface area (Å²) < 4.78 is 57.9. The van der Waals surface area contributed by atoms with Gasteiger partial charge in [-0.05, 0) is 112 Å². The Morgan fingerprint density at radius 1 is 0.548 bits per heavy atom. The molecule has 0 aliphatic carbocycles. The Hall–Kier alpha value is -9.42.